The lowest BCUT2D eigenvalue weighted by atomic mass is 10.3. The number of nitrogens with one attached hydrogen (secondary N) is 2. The summed E-state index contributed by atoms with van der Waals surface area (Å²) in [5, 5.41) is 11.0. The number of hydrogen-bond acceptors (Lipinski definition) is 7. The van der Waals surface area contributed by atoms with Gasteiger partial charge in [0.1, 0.15) is 10.7 Å². The number of amides is 1. The Morgan fingerprint density at radius 1 is 1.36 bits per heavy atom. The quantitative estimate of drug-likeness (QED) is 0.726. The molecule has 0 saturated carbocycles. The first-order chi connectivity index (χ1) is 12.0. The van der Waals surface area contributed by atoms with E-state index in [9.17, 15) is 9.59 Å². The normalized spacial score (nSPS) is 13.0. The zero-order chi connectivity index (χ0) is 17.6. The summed E-state index contributed by atoms with van der Waals surface area (Å²) in [5.41, 5.74) is 2.65. The number of carbonyl (C=O) groups is 1. The molecule has 0 aromatic carbocycles. The number of nitrogens with zero attached hydrogens (tertiary/aromatic N) is 5. The monoisotopic (exact) mass is 357 g/mol. The van der Waals surface area contributed by atoms with E-state index >= 15 is 0 Å². The molecule has 0 bridgehead atoms. The molecular weight excluding hydrogens is 342 g/mol. The largest absolute Gasteiger partial charge is 0.306 e. The van der Waals surface area contributed by atoms with Crippen molar-refractivity contribution in [2.75, 3.05) is 5.32 Å². The van der Waals surface area contributed by atoms with Crippen LogP contribution in [0.1, 0.15) is 38.7 Å². The Balaban J connectivity index is 1.73. The second kappa shape index (κ2) is 5.88. The highest BCUT2D eigenvalue weighted by Crippen LogP contribution is 2.20. The number of aromatic amines is 1. The summed E-state index contributed by atoms with van der Waals surface area (Å²) in [5.74, 6) is 0.404. The highest BCUT2D eigenvalue weighted by atomic mass is 32.1. The minimum Gasteiger partial charge on any atom is -0.306 e. The Morgan fingerprint density at radius 2 is 2.20 bits per heavy atom. The predicted molar refractivity (Wildman–Crippen MR) is 91.3 cm³/mol. The number of hydrogen-bond donors (Lipinski definition) is 2. The summed E-state index contributed by atoms with van der Waals surface area (Å²) in [4.78, 5) is 32.4. The molecule has 0 radical (unpaired) electrons. The second-order valence-corrected chi connectivity index (χ2v) is 6.65. The van der Waals surface area contributed by atoms with E-state index in [1.807, 2.05) is 0 Å². The summed E-state index contributed by atoms with van der Waals surface area (Å²) in [7, 11) is 0. The van der Waals surface area contributed by atoms with Gasteiger partial charge in [-0.05, 0) is 44.6 Å². The first-order valence-corrected chi connectivity index (χ1v) is 8.59. The third-order valence-electron chi connectivity index (χ3n) is 4.06. The molecule has 9 nitrogen and oxygen atoms in total. The summed E-state index contributed by atoms with van der Waals surface area (Å²) >= 11 is 1.03. The molecular formula is C15H15N7O2S. The lowest BCUT2D eigenvalue weighted by Gasteiger charge is -2.08. The molecule has 1 aliphatic rings. The Morgan fingerprint density at radius 3 is 2.96 bits per heavy atom. The van der Waals surface area contributed by atoms with Gasteiger partial charge in [-0.25, -0.2) is 4.98 Å². The summed E-state index contributed by atoms with van der Waals surface area (Å²) in [6.07, 6.45) is 2.45. The van der Waals surface area contributed by atoms with Crippen LogP contribution >= 0.6 is 11.5 Å². The third kappa shape index (κ3) is 2.74. The molecule has 0 atom stereocenters. The summed E-state index contributed by atoms with van der Waals surface area (Å²) in [6.45, 7) is 3.53. The highest BCUT2D eigenvalue weighted by Gasteiger charge is 2.21. The first kappa shape index (κ1) is 15.6. The second-order valence-electron chi connectivity index (χ2n) is 5.89. The maximum atomic E-state index is 12.4. The van der Waals surface area contributed by atoms with Gasteiger partial charge in [-0.15, -0.1) is 5.10 Å². The maximum absolute atomic E-state index is 12.4. The van der Waals surface area contributed by atoms with Crippen molar-refractivity contribution < 1.29 is 4.79 Å². The minimum atomic E-state index is -0.322. The van der Waals surface area contributed by atoms with E-state index in [-0.39, 0.29) is 11.5 Å². The van der Waals surface area contributed by atoms with Gasteiger partial charge in [-0.2, -0.15) is 9.78 Å². The van der Waals surface area contributed by atoms with Gasteiger partial charge in [-0.3, -0.25) is 14.6 Å². The minimum absolute atomic E-state index is 0.148. The van der Waals surface area contributed by atoms with Crippen LogP contribution in [0.5, 0.6) is 0 Å². The van der Waals surface area contributed by atoms with E-state index in [0.29, 0.717) is 28.0 Å². The lowest BCUT2D eigenvalue weighted by Crippen LogP contribution is -2.21. The average molecular weight is 357 g/mol. The van der Waals surface area contributed by atoms with Crippen LogP contribution in [0.3, 0.4) is 0 Å². The van der Waals surface area contributed by atoms with Crippen molar-refractivity contribution in [1.29, 1.82) is 0 Å². The topological polar surface area (TPSA) is 118 Å². The maximum Gasteiger partial charge on any atom is 0.270 e. The van der Waals surface area contributed by atoms with Gasteiger partial charge in [0.05, 0.1) is 17.1 Å². The fraction of sp³-hybridized carbons (Fsp3) is 0.333. The summed E-state index contributed by atoms with van der Waals surface area (Å²) in [6, 6.07) is 1.72. The molecule has 2 N–H and O–H groups in total. The number of carbonyl (C=O) groups excluding carboxylic acids is 1. The predicted octanol–water partition coefficient (Wildman–Crippen LogP) is 1.16. The number of rotatable bonds is 3. The van der Waals surface area contributed by atoms with E-state index in [4.69, 9.17) is 0 Å². The van der Waals surface area contributed by atoms with E-state index in [0.717, 1.165) is 42.1 Å². The van der Waals surface area contributed by atoms with Crippen LogP contribution in [-0.4, -0.2) is 35.2 Å². The van der Waals surface area contributed by atoms with Gasteiger partial charge in [0.2, 0.25) is 5.95 Å². The molecule has 4 rings (SSSR count). The van der Waals surface area contributed by atoms with Crippen molar-refractivity contribution in [3.05, 3.63) is 43.9 Å². The standard InChI is InChI=1S/C15H15N7O2S/c1-7-6-11(17-14(24)12-8(2)19-21-25-12)22(20-7)15-16-10-5-3-4-9(10)13(23)18-15/h6H,3-5H2,1-2H3,(H,17,24)(H,16,18,23). The average Bonchev–Trinajstić information content (AvgIpc) is 3.27. The van der Waals surface area contributed by atoms with Gasteiger partial charge in [0.25, 0.3) is 11.5 Å². The molecule has 0 aliphatic heterocycles. The van der Waals surface area contributed by atoms with Crippen LogP contribution in [0, 0.1) is 13.8 Å². The molecule has 1 aliphatic carbocycles. The molecule has 0 spiro atoms. The van der Waals surface area contributed by atoms with Crippen LogP contribution in [0.15, 0.2) is 10.9 Å². The Kier molecular flexibility index (Phi) is 3.68. The van der Waals surface area contributed by atoms with Gasteiger partial charge >= 0.3 is 0 Å². The van der Waals surface area contributed by atoms with Crippen LogP contribution in [0.25, 0.3) is 5.95 Å². The van der Waals surface area contributed by atoms with Crippen molar-refractivity contribution in [3.63, 3.8) is 0 Å². The molecule has 0 saturated heterocycles. The zero-order valence-corrected chi connectivity index (χ0v) is 14.5. The van der Waals surface area contributed by atoms with Crippen molar-refractivity contribution in [2.24, 2.45) is 0 Å². The summed E-state index contributed by atoms with van der Waals surface area (Å²) < 4.78 is 5.21. The van der Waals surface area contributed by atoms with Crippen LogP contribution < -0.4 is 10.9 Å². The number of aryl methyl sites for hydroxylation is 3. The van der Waals surface area contributed by atoms with Crippen molar-refractivity contribution >= 4 is 23.3 Å². The van der Waals surface area contributed by atoms with E-state index in [1.54, 1.807) is 19.9 Å². The van der Waals surface area contributed by atoms with Crippen LogP contribution in [0.4, 0.5) is 5.82 Å². The van der Waals surface area contributed by atoms with E-state index in [2.05, 4.69) is 30.0 Å². The molecule has 10 heteroatoms. The molecule has 3 heterocycles. The number of aromatic nitrogens is 6. The van der Waals surface area contributed by atoms with Crippen molar-refractivity contribution in [3.8, 4) is 5.95 Å². The molecule has 3 aromatic heterocycles. The SMILES string of the molecule is Cc1cc(NC(=O)c2snnc2C)n(-c2nc3c(c(=O)[nH]2)CCC3)n1. The van der Waals surface area contributed by atoms with Gasteiger partial charge < -0.3 is 5.32 Å². The lowest BCUT2D eigenvalue weighted by molar-refractivity contribution is 0.102. The molecule has 0 fully saturated rings. The van der Waals surface area contributed by atoms with Crippen molar-refractivity contribution in [1.82, 2.24) is 29.3 Å². The fourth-order valence-corrected chi connectivity index (χ4v) is 3.44. The molecule has 25 heavy (non-hydrogen) atoms. The van der Waals surface area contributed by atoms with E-state index < -0.39 is 0 Å². The Bertz CT molecular complexity index is 1030. The molecule has 1 amide bonds. The van der Waals surface area contributed by atoms with Gasteiger partial charge in [-0.1, -0.05) is 4.49 Å². The number of anilines is 1. The van der Waals surface area contributed by atoms with Crippen LogP contribution in [-0.2, 0) is 12.8 Å². The number of H-pyrrole nitrogens is 1. The van der Waals surface area contributed by atoms with Crippen molar-refractivity contribution in [2.45, 2.75) is 33.1 Å². The van der Waals surface area contributed by atoms with Gasteiger partial charge in [0, 0.05) is 11.6 Å². The van der Waals surface area contributed by atoms with E-state index in [1.165, 1.54) is 4.68 Å². The highest BCUT2D eigenvalue weighted by molar-refractivity contribution is 7.08. The number of fused-ring (bicyclic) bond motifs is 1. The molecule has 3 aromatic rings. The smallest absolute Gasteiger partial charge is 0.270 e. The Labute approximate surface area is 146 Å². The third-order valence-corrected chi connectivity index (χ3v) is 4.89. The molecule has 128 valence electrons. The van der Waals surface area contributed by atoms with Crippen LogP contribution in [0.2, 0.25) is 0 Å². The van der Waals surface area contributed by atoms with Gasteiger partial charge in [0.15, 0.2) is 0 Å². The zero-order valence-electron chi connectivity index (χ0n) is 13.7. The molecule has 0 unspecified atom stereocenters. The first-order valence-electron chi connectivity index (χ1n) is 7.82. The fourth-order valence-electron chi connectivity index (χ4n) is 2.89. The Hall–Kier alpha value is -2.88.